The fraction of sp³-hybridized carbons (Fsp3) is 0.214. The minimum absolute atomic E-state index is 0.0198. The zero-order chi connectivity index (χ0) is 22.9. The molecule has 0 spiro atoms. The van der Waals surface area contributed by atoms with Crippen LogP contribution in [0.4, 0.5) is 15.8 Å². The van der Waals surface area contributed by atoms with E-state index in [4.69, 9.17) is 0 Å². The first-order valence-electron chi connectivity index (χ1n) is 11.3. The van der Waals surface area contributed by atoms with Gasteiger partial charge in [-0.3, -0.25) is 14.5 Å². The molecule has 4 nitrogen and oxygen atoms in total. The first-order chi connectivity index (χ1) is 16.1. The summed E-state index contributed by atoms with van der Waals surface area (Å²) in [4.78, 5) is 28.7. The molecule has 5 heteroatoms. The molecule has 0 saturated heterocycles. The molecule has 0 bridgehead atoms. The van der Waals surface area contributed by atoms with E-state index in [0.717, 1.165) is 16.9 Å². The average molecular weight is 441 g/mol. The molecule has 3 aromatic carbocycles. The lowest BCUT2D eigenvalue weighted by atomic mass is 9.78. The Morgan fingerprint density at radius 2 is 1.70 bits per heavy atom. The zero-order valence-electron chi connectivity index (χ0n) is 18.4. The average Bonchev–Trinajstić information content (AvgIpc) is 2.98. The molecule has 1 amide bonds. The van der Waals surface area contributed by atoms with Gasteiger partial charge in [0, 0.05) is 24.1 Å². The Kier molecular flexibility index (Phi) is 5.55. The maximum atomic E-state index is 14.3. The van der Waals surface area contributed by atoms with Gasteiger partial charge >= 0.3 is 0 Å². The second-order valence-electron chi connectivity index (χ2n) is 8.55. The van der Waals surface area contributed by atoms with Crippen LogP contribution in [0, 0.1) is 5.82 Å². The van der Waals surface area contributed by atoms with Crippen LogP contribution in [0.25, 0.3) is 0 Å². The van der Waals surface area contributed by atoms with Gasteiger partial charge in [0.05, 0.1) is 17.4 Å². The molecule has 0 saturated carbocycles. The van der Waals surface area contributed by atoms with Gasteiger partial charge < -0.3 is 5.32 Å². The molecule has 2 aliphatic rings. The molecular formula is C28H25FN2O2. The number of ketones is 1. The summed E-state index contributed by atoms with van der Waals surface area (Å²) in [6.45, 7) is 1.80. The van der Waals surface area contributed by atoms with E-state index < -0.39 is 11.9 Å². The monoisotopic (exact) mass is 440 g/mol. The van der Waals surface area contributed by atoms with Gasteiger partial charge in [-0.05, 0) is 47.7 Å². The number of nitrogens with one attached hydrogen (secondary N) is 1. The second-order valence-corrected chi connectivity index (χ2v) is 8.55. The van der Waals surface area contributed by atoms with Crippen LogP contribution < -0.4 is 10.2 Å². The predicted molar refractivity (Wildman–Crippen MR) is 127 cm³/mol. The molecule has 0 radical (unpaired) electrons. The van der Waals surface area contributed by atoms with Crippen LogP contribution >= 0.6 is 0 Å². The van der Waals surface area contributed by atoms with Gasteiger partial charge in [-0.15, -0.1) is 0 Å². The molecule has 33 heavy (non-hydrogen) atoms. The first kappa shape index (κ1) is 21.1. The summed E-state index contributed by atoms with van der Waals surface area (Å²) in [5.74, 6) is -0.494. The van der Waals surface area contributed by atoms with E-state index in [1.807, 2.05) is 54.6 Å². The highest BCUT2D eigenvalue weighted by atomic mass is 19.1. The van der Waals surface area contributed by atoms with Crippen molar-refractivity contribution in [3.05, 3.63) is 107 Å². The maximum Gasteiger partial charge on any atom is 0.227 e. The third kappa shape index (κ3) is 3.84. The number of anilines is 2. The third-order valence-corrected chi connectivity index (χ3v) is 6.50. The molecule has 2 atom stereocenters. The summed E-state index contributed by atoms with van der Waals surface area (Å²) in [6, 6.07) is 23.1. The summed E-state index contributed by atoms with van der Waals surface area (Å²) >= 11 is 0. The fourth-order valence-electron chi connectivity index (χ4n) is 4.99. The Balaban J connectivity index is 1.72. The van der Waals surface area contributed by atoms with E-state index in [-0.39, 0.29) is 24.0 Å². The summed E-state index contributed by atoms with van der Waals surface area (Å²) < 4.78 is 14.3. The number of rotatable bonds is 3. The molecule has 1 aliphatic heterocycles. The number of fused-ring (bicyclic) bond motifs is 1. The number of hydrogen-bond acceptors (Lipinski definition) is 3. The van der Waals surface area contributed by atoms with Crippen molar-refractivity contribution in [2.24, 2.45) is 0 Å². The van der Waals surface area contributed by atoms with Crippen molar-refractivity contribution in [2.75, 3.05) is 10.2 Å². The van der Waals surface area contributed by atoms with E-state index in [2.05, 4.69) is 5.32 Å². The summed E-state index contributed by atoms with van der Waals surface area (Å²) in [5.41, 5.74) is 4.51. The van der Waals surface area contributed by atoms with Crippen LogP contribution in [-0.2, 0) is 9.59 Å². The molecule has 1 N–H and O–H groups in total. The summed E-state index contributed by atoms with van der Waals surface area (Å²) in [5, 5.41) is 3.49. The van der Waals surface area contributed by atoms with E-state index >= 15 is 0 Å². The van der Waals surface area contributed by atoms with Crippen molar-refractivity contribution in [1.29, 1.82) is 0 Å². The Bertz CT molecular complexity index is 1250. The number of halogens is 1. The standard InChI is InChI=1S/C28H25FN2O2/c1-2-26(33)31-24-14-7-6-13-22(24)30-23-16-20(18-9-4-3-5-10-18)17-25(32)27(23)28(31)19-11-8-12-21(29)15-19/h3-15,20,28,30H,2,16-17H2,1H3/t20-,28-/m0/s1. The van der Waals surface area contributed by atoms with Crippen molar-refractivity contribution >= 4 is 23.1 Å². The van der Waals surface area contributed by atoms with Gasteiger partial charge in [0.15, 0.2) is 5.78 Å². The third-order valence-electron chi connectivity index (χ3n) is 6.50. The lowest BCUT2D eigenvalue weighted by Crippen LogP contribution is -2.38. The Labute approximate surface area is 192 Å². The lowest BCUT2D eigenvalue weighted by molar-refractivity contribution is -0.119. The molecule has 1 aliphatic carbocycles. The number of nitrogens with zero attached hydrogens (tertiary/aromatic N) is 1. The van der Waals surface area contributed by atoms with Gasteiger partial charge in [0.1, 0.15) is 5.82 Å². The highest BCUT2D eigenvalue weighted by Gasteiger charge is 2.41. The normalized spacial score (nSPS) is 19.9. The van der Waals surface area contributed by atoms with Gasteiger partial charge in [0.25, 0.3) is 0 Å². The Hall–Kier alpha value is -3.73. The van der Waals surface area contributed by atoms with Crippen LogP contribution in [0.1, 0.15) is 49.3 Å². The van der Waals surface area contributed by atoms with Crippen molar-refractivity contribution in [3.8, 4) is 0 Å². The maximum absolute atomic E-state index is 14.3. The van der Waals surface area contributed by atoms with Gasteiger partial charge in [0.2, 0.25) is 5.91 Å². The van der Waals surface area contributed by atoms with Crippen LogP contribution in [0.2, 0.25) is 0 Å². The van der Waals surface area contributed by atoms with E-state index in [1.54, 1.807) is 24.0 Å². The number of carbonyl (C=O) groups excluding carboxylic acids is 2. The molecular weight excluding hydrogens is 415 g/mol. The number of benzene rings is 3. The van der Waals surface area contributed by atoms with Crippen molar-refractivity contribution in [3.63, 3.8) is 0 Å². The van der Waals surface area contributed by atoms with Gasteiger partial charge in [-0.25, -0.2) is 4.39 Å². The van der Waals surface area contributed by atoms with Gasteiger partial charge in [-0.1, -0.05) is 61.5 Å². The first-order valence-corrected chi connectivity index (χ1v) is 11.3. The number of amides is 1. The minimum Gasteiger partial charge on any atom is -0.357 e. The Morgan fingerprint density at radius 1 is 0.970 bits per heavy atom. The molecule has 3 aromatic rings. The van der Waals surface area contributed by atoms with Crippen LogP contribution in [0.15, 0.2) is 90.1 Å². The molecule has 0 aromatic heterocycles. The molecule has 5 rings (SSSR count). The molecule has 166 valence electrons. The molecule has 1 heterocycles. The number of para-hydroxylation sites is 2. The SMILES string of the molecule is CCC(=O)N1c2ccccc2NC2=C(C(=O)C[C@@H](c3ccccc3)C2)[C@@H]1c1cccc(F)c1. The Morgan fingerprint density at radius 3 is 2.45 bits per heavy atom. The van der Waals surface area contributed by atoms with Crippen LogP contribution in [-0.4, -0.2) is 11.7 Å². The van der Waals surface area contributed by atoms with Crippen molar-refractivity contribution < 1.29 is 14.0 Å². The quantitative estimate of drug-likeness (QED) is 0.532. The number of Topliss-reactive ketones (excluding diaryl/α,β-unsaturated/α-hetero) is 1. The predicted octanol–water partition coefficient (Wildman–Crippen LogP) is 6.14. The van der Waals surface area contributed by atoms with E-state index in [1.165, 1.54) is 12.1 Å². The lowest BCUT2D eigenvalue weighted by Gasteiger charge is -2.35. The highest BCUT2D eigenvalue weighted by molar-refractivity contribution is 6.06. The number of allylic oxidation sites excluding steroid dienone is 1. The van der Waals surface area contributed by atoms with Gasteiger partial charge in [-0.2, -0.15) is 0 Å². The van der Waals surface area contributed by atoms with E-state index in [9.17, 15) is 14.0 Å². The number of carbonyl (C=O) groups is 2. The zero-order valence-corrected chi connectivity index (χ0v) is 18.4. The fourth-order valence-corrected chi connectivity index (χ4v) is 4.99. The van der Waals surface area contributed by atoms with Crippen molar-refractivity contribution in [2.45, 2.75) is 38.1 Å². The number of hydrogen-bond donors (Lipinski definition) is 1. The van der Waals surface area contributed by atoms with E-state index in [0.29, 0.717) is 29.7 Å². The smallest absolute Gasteiger partial charge is 0.227 e. The second kappa shape index (κ2) is 8.66. The molecule has 0 fully saturated rings. The molecule has 0 unspecified atom stereocenters. The largest absolute Gasteiger partial charge is 0.357 e. The summed E-state index contributed by atoms with van der Waals surface area (Å²) in [7, 11) is 0. The summed E-state index contributed by atoms with van der Waals surface area (Å²) in [6.07, 6.45) is 1.25. The topological polar surface area (TPSA) is 49.4 Å². The minimum atomic E-state index is -0.691. The van der Waals surface area contributed by atoms with Crippen molar-refractivity contribution in [1.82, 2.24) is 0 Å². The van der Waals surface area contributed by atoms with Crippen LogP contribution in [0.3, 0.4) is 0 Å². The van der Waals surface area contributed by atoms with Crippen LogP contribution in [0.5, 0.6) is 0 Å². The highest BCUT2D eigenvalue weighted by Crippen LogP contribution is 2.47.